The standard InChI is InChI=1S/C24H37N3O4/c1-10-18(12-11-17(2)3)19-13-15-27(16-14-19)20(25-21(28)30-23(4,5)6)26-22(29)31-24(7,8)9/h10-13H,2,14-16H2,1,3-9H3,(H,25,26,28,29)/b12-11-,18-10+. The van der Waals surface area contributed by atoms with Crippen molar-refractivity contribution in [3.05, 3.63) is 47.6 Å². The molecule has 0 aromatic heterocycles. The van der Waals surface area contributed by atoms with Gasteiger partial charge in [0.15, 0.2) is 0 Å². The number of rotatable bonds is 3. The second-order valence-electron chi connectivity index (χ2n) is 9.39. The number of allylic oxidation sites excluding steroid dienone is 5. The number of hydrogen-bond acceptors (Lipinski definition) is 4. The summed E-state index contributed by atoms with van der Waals surface area (Å²) in [5, 5.41) is 2.60. The van der Waals surface area contributed by atoms with Crippen molar-refractivity contribution in [1.29, 1.82) is 0 Å². The van der Waals surface area contributed by atoms with Crippen molar-refractivity contribution in [1.82, 2.24) is 10.2 Å². The Morgan fingerprint density at radius 3 is 2.19 bits per heavy atom. The van der Waals surface area contributed by atoms with Crippen LogP contribution in [0, 0.1) is 0 Å². The van der Waals surface area contributed by atoms with Crippen LogP contribution >= 0.6 is 0 Å². The van der Waals surface area contributed by atoms with E-state index in [1.807, 2.05) is 30.9 Å². The molecule has 7 nitrogen and oxygen atoms in total. The molecule has 7 heteroatoms. The van der Waals surface area contributed by atoms with E-state index in [1.165, 1.54) is 5.57 Å². The van der Waals surface area contributed by atoms with Gasteiger partial charge in [-0.05, 0) is 73.0 Å². The number of ether oxygens (including phenoxy) is 2. The number of amides is 2. The molecule has 0 aromatic rings. The predicted octanol–water partition coefficient (Wildman–Crippen LogP) is 5.51. The van der Waals surface area contributed by atoms with E-state index in [9.17, 15) is 9.59 Å². The van der Waals surface area contributed by atoms with Gasteiger partial charge >= 0.3 is 12.2 Å². The number of carbonyl (C=O) groups excluding carboxylic acids is 2. The van der Waals surface area contributed by atoms with Gasteiger partial charge in [-0.15, -0.1) is 4.99 Å². The van der Waals surface area contributed by atoms with Gasteiger partial charge in [0.1, 0.15) is 11.2 Å². The maximum absolute atomic E-state index is 12.3. The molecule has 1 N–H and O–H groups in total. The molecule has 1 rings (SSSR count). The second kappa shape index (κ2) is 11.0. The number of alkyl carbamates (subject to hydrolysis) is 1. The summed E-state index contributed by atoms with van der Waals surface area (Å²) in [6.45, 7) is 19.5. The molecule has 0 radical (unpaired) electrons. The average Bonchev–Trinajstić information content (AvgIpc) is 2.58. The van der Waals surface area contributed by atoms with E-state index in [0.717, 1.165) is 17.6 Å². The number of hydrogen-bond donors (Lipinski definition) is 1. The van der Waals surface area contributed by atoms with Gasteiger partial charge in [-0.1, -0.05) is 36.5 Å². The van der Waals surface area contributed by atoms with Gasteiger partial charge in [-0.3, -0.25) is 5.32 Å². The molecule has 0 saturated carbocycles. The number of aliphatic imine (C=N–C) groups is 1. The summed E-state index contributed by atoms with van der Waals surface area (Å²) in [6, 6.07) is 0. The van der Waals surface area contributed by atoms with Gasteiger partial charge in [0.25, 0.3) is 0 Å². The highest BCUT2D eigenvalue weighted by atomic mass is 16.6. The van der Waals surface area contributed by atoms with Crippen LogP contribution < -0.4 is 5.32 Å². The second-order valence-corrected chi connectivity index (χ2v) is 9.39. The highest BCUT2D eigenvalue weighted by Gasteiger charge is 2.24. The zero-order valence-corrected chi connectivity index (χ0v) is 20.2. The molecular formula is C24H37N3O4. The fourth-order valence-corrected chi connectivity index (χ4v) is 2.69. The van der Waals surface area contributed by atoms with Gasteiger partial charge in [0.2, 0.25) is 5.96 Å². The van der Waals surface area contributed by atoms with Crippen LogP contribution in [-0.4, -0.2) is 47.3 Å². The Balaban J connectivity index is 3.06. The third kappa shape index (κ3) is 10.7. The first-order valence-corrected chi connectivity index (χ1v) is 10.5. The minimum Gasteiger partial charge on any atom is -0.444 e. The summed E-state index contributed by atoms with van der Waals surface area (Å²) in [6.07, 6.45) is 7.40. The normalized spacial score (nSPS) is 16.1. The fourth-order valence-electron chi connectivity index (χ4n) is 2.69. The average molecular weight is 432 g/mol. The van der Waals surface area contributed by atoms with Crippen LogP contribution in [0.25, 0.3) is 0 Å². The summed E-state index contributed by atoms with van der Waals surface area (Å²) >= 11 is 0. The zero-order valence-electron chi connectivity index (χ0n) is 20.2. The Morgan fingerprint density at radius 2 is 1.74 bits per heavy atom. The largest absolute Gasteiger partial charge is 0.444 e. The van der Waals surface area contributed by atoms with Crippen LogP contribution in [0.15, 0.2) is 52.6 Å². The maximum Gasteiger partial charge on any atom is 0.437 e. The smallest absolute Gasteiger partial charge is 0.437 e. The van der Waals surface area contributed by atoms with Crippen LogP contribution in [0.4, 0.5) is 9.59 Å². The summed E-state index contributed by atoms with van der Waals surface area (Å²) in [5.74, 6) is 0.110. The Labute approximate surface area is 186 Å². The van der Waals surface area contributed by atoms with E-state index in [-0.39, 0.29) is 5.96 Å². The molecule has 0 aromatic carbocycles. The summed E-state index contributed by atoms with van der Waals surface area (Å²) in [7, 11) is 0. The van der Waals surface area contributed by atoms with E-state index >= 15 is 0 Å². The van der Waals surface area contributed by atoms with Crippen molar-refractivity contribution in [2.24, 2.45) is 4.99 Å². The molecule has 0 atom stereocenters. The molecular weight excluding hydrogens is 394 g/mol. The molecule has 31 heavy (non-hydrogen) atoms. The lowest BCUT2D eigenvalue weighted by atomic mass is 9.98. The molecule has 0 aliphatic carbocycles. The van der Waals surface area contributed by atoms with Crippen molar-refractivity contribution in [3.63, 3.8) is 0 Å². The van der Waals surface area contributed by atoms with E-state index in [1.54, 1.807) is 41.5 Å². The Hall–Kier alpha value is -2.83. The van der Waals surface area contributed by atoms with Crippen molar-refractivity contribution < 1.29 is 19.1 Å². The van der Waals surface area contributed by atoms with Crippen LogP contribution in [0.1, 0.15) is 61.8 Å². The molecule has 0 saturated heterocycles. The van der Waals surface area contributed by atoms with Gasteiger partial charge < -0.3 is 14.4 Å². The first-order valence-electron chi connectivity index (χ1n) is 10.5. The first kappa shape index (κ1) is 26.2. The zero-order chi connectivity index (χ0) is 23.8. The maximum atomic E-state index is 12.3. The molecule has 172 valence electrons. The lowest BCUT2D eigenvalue weighted by molar-refractivity contribution is 0.0555. The lowest BCUT2D eigenvalue weighted by Gasteiger charge is -2.30. The van der Waals surface area contributed by atoms with Crippen LogP contribution in [-0.2, 0) is 9.47 Å². The predicted molar refractivity (Wildman–Crippen MR) is 125 cm³/mol. The van der Waals surface area contributed by atoms with Gasteiger partial charge in [-0.25, -0.2) is 9.59 Å². The van der Waals surface area contributed by atoms with Crippen LogP contribution in [0.5, 0.6) is 0 Å². The molecule has 1 heterocycles. The van der Waals surface area contributed by atoms with Crippen molar-refractivity contribution in [3.8, 4) is 0 Å². The Bertz CT molecular complexity index is 806. The molecule has 0 fully saturated rings. The van der Waals surface area contributed by atoms with Crippen molar-refractivity contribution in [2.75, 3.05) is 13.1 Å². The quantitative estimate of drug-likeness (QED) is 0.362. The molecule has 1 aliphatic rings. The number of guanidine groups is 1. The summed E-state index contributed by atoms with van der Waals surface area (Å²) in [4.78, 5) is 30.4. The summed E-state index contributed by atoms with van der Waals surface area (Å²) in [5.41, 5.74) is 1.92. The van der Waals surface area contributed by atoms with Crippen LogP contribution in [0.3, 0.4) is 0 Å². The highest BCUT2D eigenvalue weighted by Crippen LogP contribution is 2.21. The van der Waals surface area contributed by atoms with Gasteiger partial charge in [0.05, 0.1) is 0 Å². The van der Waals surface area contributed by atoms with Crippen LogP contribution in [0.2, 0.25) is 0 Å². The van der Waals surface area contributed by atoms with E-state index in [0.29, 0.717) is 13.1 Å². The van der Waals surface area contributed by atoms with Gasteiger partial charge in [0, 0.05) is 13.1 Å². The Kier molecular flexibility index (Phi) is 9.28. The third-order valence-corrected chi connectivity index (χ3v) is 3.94. The number of nitrogens with zero attached hydrogens (tertiary/aromatic N) is 2. The third-order valence-electron chi connectivity index (χ3n) is 3.94. The Morgan fingerprint density at radius 1 is 1.13 bits per heavy atom. The molecule has 0 unspecified atom stereocenters. The van der Waals surface area contributed by atoms with Crippen molar-refractivity contribution in [2.45, 2.75) is 73.0 Å². The fraction of sp³-hybridized carbons (Fsp3) is 0.542. The highest BCUT2D eigenvalue weighted by molar-refractivity contribution is 5.99. The number of nitrogens with one attached hydrogen (secondary N) is 1. The van der Waals surface area contributed by atoms with E-state index in [4.69, 9.17) is 9.47 Å². The van der Waals surface area contributed by atoms with E-state index in [2.05, 4.69) is 29.0 Å². The number of carbonyl (C=O) groups is 2. The molecule has 0 bridgehead atoms. The van der Waals surface area contributed by atoms with Gasteiger partial charge in [-0.2, -0.15) is 0 Å². The molecule has 0 spiro atoms. The monoisotopic (exact) mass is 431 g/mol. The summed E-state index contributed by atoms with van der Waals surface area (Å²) < 4.78 is 10.6. The minimum atomic E-state index is -0.771. The van der Waals surface area contributed by atoms with E-state index < -0.39 is 23.4 Å². The SMILES string of the molecule is C=C(C)/C=C\C(=C/C)C1=CCN(/C(=N\C(=O)OC(C)(C)C)NC(=O)OC(C)(C)C)CC1. The molecule has 2 amide bonds. The topological polar surface area (TPSA) is 80.2 Å². The molecule has 1 aliphatic heterocycles. The van der Waals surface area contributed by atoms with Crippen molar-refractivity contribution >= 4 is 18.1 Å². The minimum absolute atomic E-state index is 0.110. The lowest BCUT2D eigenvalue weighted by Crippen LogP contribution is -2.48. The first-order chi connectivity index (χ1) is 14.2.